The molecule has 2 aliphatic heterocycles. The van der Waals surface area contributed by atoms with Gasteiger partial charge < -0.3 is 20.9 Å². The first kappa shape index (κ1) is 20.2. The van der Waals surface area contributed by atoms with Crippen LogP contribution in [0.15, 0.2) is 24.3 Å². The van der Waals surface area contributed by atoms with Crippen molar-refractivity contribution in [2.45, 2.75) is 62.8 Å². The van der Waals surface area contributed by atoms with Crippen molar-refractivity contribution >= 4 is 17.5 Å². The summed E-state index contributed by atoms with van der Waals surface area (Å²) in [5.41, 5.74) is 2.44. The largest absolute Gasteiger partial charge is 0.378 e. The fraction of sp³-hybridized carbons (Fsp3) is 0.636. The van der Waals surface area contributed by atoms with E-state index in [2.05, 4.69) is 50.0 Å². The lowest BCUT2D eigenvalue weighted by molar-refractivity contribution is -0.129. The third-order valence-electron chi connectivity index (χ3n) is 6.32. The number of fused-ring (bicyclic) bond motifs is 1. The number of nitrogens with zero attached hydrogens (tertiary/aromatic N) is 2. The summed E-state index contributed by atoms with van der Waals surface area (Å²) in [6.07, 6.45) is 4.40. The van der Waals surface area contributed by atoms with Crippen molar-refractivity contribution in [2.24, 2.45) is 0 Å². The standard InChI is InChI=1S/C22H33N5O2/c1-26(2)18-7-3-15(4-8-18)12-23-17-11-20-22(29)24-13-19(27(20)14-17)9-10-21(28)25-16-5-6-16/h3-4,7-8,16-17,19-20,23H,5-6,9-14H2,1-2H3,(H,24,29)(H,25,28)/t17-,19-,20-/m1/s1. The second-order valence-corrected chi connectivity index (χ2v) is 8.87. The highest BCUT2D eigenvalue weighted by molar-refractivity contribution is 5.83. The van der Waals surface area contributed by atoms with Crippen LogP contribution < -0.4 is 20.9 Å². The minimum atomic E-state index is -0.0751. The Kier molecular flexibility index (Phi) is 6.06. The Morgan fingerprint density at radius 3 is 2.66 bits per heavy atom. The molecular weight excluding hydrogens is 366 g/mol. The smallest absolute Gasteiger partial charge is 0.237 e. The van der Waals surface area contributed by atoms with E-state index in [9.17, 15) is 9.59 Å². The van der Waals surface area contributed by atoms with Gasteiger partial charge in [-0.15, -0.1) is 0 Å². The number of benzene rings is 1. The number of hydrogen-bond donors (Lipinski definition) is 3. The van der Waals surface area contributed by atoms with Crippen molar-refractivity contribution < 1.29 is 9.59 Å². The molecule has 2 heterocycles. The van der Waals surface area contributed by atoms with Crippen LogP contribution in [0.5, 0.6) is 0 Å². The van der Waals surface area contributed by atoms with E-state index in [0.717, 1.165) is 38.8 Å². The molecule has 0 bridgehead atoms. The summed E-state index contributed by atoms with van der Waals surface area (Å²) in [5, 5.41) is 9.74. The monoisotopic (exact) mass is 399 g/mol. The zero-order valence-corrected chi connectivity index (χ0v) is 17.5. The Bertz CT molecular complexity index is 731. The Labute approximate surface area is 173 Å². The second kappa shape index (κ2) is 8.71. The molecule has 7 heteroatoms. The highest BCUT2D eigenvalue weighted by Gasteiger charge is 2.43. The lowest BCUT2D eigenvalue weighted by Gasteiger charge is -2.37. The van der Waals surface area contributed by atoms with Crippen molar-refractivity contribution in [1.29, 1.82) is 0 Å². The van der Waals surface area contributed by atoms with E-state index in [1.807, 2.05) is 14.1 Å². The van der Waals surface area contributed by atoms with Crippen LogP contribution in [0.4, 0.5) is 5.69 Å². The molecule has 1 saturated carbocycles. The van der Waals surface area contributed by atoms with E-state index < -0.39 is 0 Å². The van der Waals surface area contributed by atoms with Gasteiger partial charge in [-0.2, -0.15) is 0 Å². The number of carbonyl (C=O) groups excluding carboxylic acids is 2. The summed E-state index contributed by atoms with van der Waals surface area (Å²) in [4.78, 5) is 28.8. The molecule has 3 aliphatic rings. The van der Waals surface area contributed by atoms with Crippen molar-refractivity contribution in [2.75, 3.05) is 32.1 Å². The van der Waals surface area contributed by atoms with Crippen molar-refractivity contribution in [3.05, 3.63) is 29.8 Å². The molecule has 2 saturated heterocycles. The van der Waals surface area contributed by atoms with E-state index in [0.29, 0.717) is 25.0 Å². The molecule has 0 aromatic heterocycles. The lowest BCUT2D eigenvalue weighted by Crippen LogP contribution is -2.58. The van der Waals surface area contributed by atoms with Crippen molar-refractivity contribution in [1.82, 2.24) is 20.9 Å². The molecule has 1 aromatic rings. The fourth-order valence-electron chi connectivity index (χ4n) is 4.39. The molecule has 0 spiro atoms. The van der Waals surface area contributed by atoms with Gasteiger partial charge in [0, 0.05) is 64.0 Å². The molecule has 2 amide bonds. The molecule has 3 atom stereocenters. The number of anilines is 1. The Balaban J connectivity index is 1.28. The van der Waals surface area contributed by atoms with Crippen LogP contribution in [-0.2, 0) is 16.1 Å². The number of hydrogen-bond acceptors (Lipinski definition) is 5. The van der Waals surface area contributed by atoms with Crippen LogP contribution in [-0.4, -0.2) is 68.1 Å². The van der Waals surface area contributed by atoms with Crippen LogP contribution in [0.3, 0.4) is 0 Å². The molecule has 29 heavy (non-hydrogen) atoms. The van der Waals surface area contributed by atoms with Gasteiger partial charge in [-0.05, 0) is 43.4 Å². The fourth-order valence-corrected chi connectivity index (χ4v) is 4.39. The van der Waals surface area contributed by atoms with Crippen molar-refractivity contribution in [3.63, 3.8) is 0 Å². The van der Waals surface area contributed by atoms with E-state index in [-0.39, 0.29) is 23.9 Å². The molecule has 7 nitrogen and oxygen atoms in total. The van der Waals surface area contributed by atoms with E-state index in [1.54, 1.807) is 0 Å². The first-order chi connectivity index (χ1) is 14.0. The molecule has 0 radical (unpaired) electrons. The van der Waals surface area contributed by atoms with Gasteiger partial charge in [0.2, 0.25) is 11.8 Å². The maximum absolute atomic E-state index is 12.4. The molecule has 4 rings (SSSR count). The first-order valence-electron chi connectivity index (χ1n) is 10.8. The minimum absolute atomic E-state index is 0.0751. The third-order valence-corrected chi connectivity index (χ3v) is 6.32. The summed E-state index contributed by atoms with van der Waals surface area (Å²) in [7, 11) is 4.08. The van der Waals surface area contributed by atoms with Crippen LogP contribution in [0, 0.1) is 0 Å². The van der Waals surface area contributed by atoms with Crippen LogP contribution >= 0.6 is 0 Å². The normalized spacial score (nSPS) is 26.7. The van der Waals surface area contributed by atoms with Crippen molar-refractivity contribution in [3.8, 4) is 0 Å². The minimum Gasteiger partial charge on any atom is -0.378 e. The number of rotatable bonds is 8. The quantitative estimate of drug-likeness (QED) is 0.604. The number of piperazine rings is 1. The third kappa shape index (κ3) is 5.08. The van der Waals surface area contributed by atoms with Crippen LogP contribution in [0.1, 0.15) is 37.7 Å². The number of carbonyl (C=O) groups is 2. The summed E-state index contributed by atoms with van der Waals surface area (Å²) in [5.74, 6) is 0.277. The van der Waals surface area contributed by atoms with Crippen LogP contribution in [0.2, 0.25) is 0 Å². The molecule has 1 aliphatic carbocycles. The Hall–Kier alpha value is -2.12. The van der Waals surface area contributed by atoms with Gasteiger partial charge in [0.05, 0.1) is 6.04 Å². The first-order valence-corrected chi connectivity index (χ1v) is 10.8. The Morgan fingerprint density at radius 2 is 1.97 bits per heavy atom. The highest BCUT2D eigenvalue weighted by Crippen LogP contribution is 2.26. The predicted molar refractivity (Wildman–Crippen MR) is 114 cm³/mol. The maximum Gasteiger partial charge on any atom is 0.237 e. The molecule has 158 valence electrons. The summed E-state index contributed by atoms with van der Waals surface area (Å²) < 4.78 is 0. The highest BCUT2D eigenvalue weighted by atomic mass is 16.2. The average Bonchev–Trinajstić information content (AvgIpc) is 3.41. The molecule has 3 N–H and O–H groups in total. The average molecular weight is 400 g/mol. The summed E-state index contributed by atoms with van der Waals surface area (Å²) >= 11 is 0. The zero-order chi connectivity index (χ0) is 20.4. The van der Waals surface area contributed by atoms with Crippen LogP contribution in [0.25, 0.3) is 0 Å². The van der Waals surface area contributed by atoms with Gasteiger partial charge in [0.1, 0.15) is 0 Å². The van der Waals surface area contributed by atoms with Gasteiger partial charge in [0.15, 0.2) is 0 Å². The van der Waals surface area contributed by atoms with Gasteiger partial charge in [-0.3, -0.25) is 14.5 Å². The predicted octanol–water partition coefficient (Wildman–Crippen LogP) is 0.842. The van der Waals surface area contributed by atoms with Gasteiger partial charge in [-0.25, -0.2) is 0 Å². The van der Waals surface area contributed by atoms with Gasteiger partial charge in [-0.1, -0.05) is 12.1 Å². The molecule has 1 aromatic carbocycles. The lowest BCUT2D eigenvalue weighted by atomic mass is 10.0. The maximum atomic E-state index is 12.4. The van der Waals surface area contributed by atoms with E-state index in [1.165, 1.54) is 11.3 Å². The topological polar surface area (TPSA) is 76.7 Å². The number of nitrogens with one attached hydrogen (secondary N) is 3. The second-order valence-electron chi connectivity index (χ2n) is 8.87. The van der Waals surface area contributed by atoms with E-state index >= 15 is 0 Å². The number of amides is 2. The Morgan fingerprint density at radius 1 is 1.21 bits per heavy atom. The van der Waals surface area contributed by atoms with Gasteiger partial charge in [0.25, 0.3) is 0 Å². The summed E-state index contributed by atoms with van der Waals surface area (Å²) in [6, 6.07) is 9.43. The van der Waals surface area contributed by atoms with Gasteiger partial charge >= 0.3 is 0 Å². The summed E-state index contributed by atoms with van der Waals surface area (Å²) in [6.45, 7) is 2.31. The molecule has 3 fully saturated rings. The molecule has 0 unspecified atom stereocenters. The SMILES string of the molecule is CN(C)c1ccc(CN[C@@H]2C[C@@H]3C(=O)NC[C@@H](CCC(=O)NC4CC4)N3C2)cc1. The van der Waals surface area contributed by atoms with E-state index in [4.69, 9.17) is 0 Å². The molecular formula is C22H33N5O2. The zero-order valence-electron chi connectivity index (χ0n) is 17.5.